The third kappa shape index (κ3) is 4.16. The minimum absolute atomic E-state index is 0.287. The molecule has 92 valence electrons. The van der Waals surface area contributed by atoms with Crippen molar-refractivity contribution >= 4 is 37.8 Å². The maximum Gasteiger partial charge on any atom is 0.348 e. The van der Waals surface area contributed by atoms with Crippen LogP contribution in [0.2, 0.25) is 0 Å². The van der Waals surface area contributed by atoms with E-state index in [4.69, 9.17) is 9.47 Å². The summed E-state index contributed by atoms with van der Waals surface area (Å²) < 4.78 is 11.5. The molecular weight excluding hydrogens is 352 g/mol. The molecule has 5 heteroatoms. The monoisotopic (exact) mass is 362 g/mol. The molecule has 0 aliphatic carbocycles. The normalized spacial score (nSPS) is 11.8. The topological polar surface area (TPSA) is 35.5 Å². The molecule has 0 saturated heterocycles. The third-order valence-electron chi connectivity index (χ3n) is 1.86. The van der Waals surface area contributed by atoms with Gasteiger partial charge in [-0.05, 0) is 57.8 Å². The minimum Gasteiger partial charge on any atom is -0.462 e. The van der Waals surface area contributed by atoms with Gasteiger partial charge in [0.05, 0.1) is 11.1 Å². The zero-order valence-corrected chi connectivity index (χ0v) is 12.7. The van der Waals surface area contributed by atoms with Gasteiger partial charge in [-0.2, -0.15) is 0 Å². The van der Waals surface area contributed by atoms with Crippen molar-refractivity contribution in [2.45, 2.75) is 13.8 Å². The lowest BCUT2D eigenvalue weighted by Gasteiger charge is -2.09. The molecule has 17 heavy (non-hydrogen) atoms. The molecule has 0 atom stereocenters. The van der Waals surface area contributed by atoms with E-state index in [1.165, 1.54) is 0 Å². The van der Waals surface area contributed by atoms with Crippen LogP contribution in [0.15, 0.2) is 39.0 Å². The molecule has 0 radical (unpaired) electrons. The van der Waals surface area contributed by atoms with Crippen molar-refractivity contribution in [1.29, 1.82) is 0 Å². The van der Waals surface area contributed by atoms with Gasteiger partial charge >= 0.3 is 5.97 Å². The first-order valence-electron chi connectivity index (χ1n) is 5.02. The van der Waals surface area contributed by atoms with Crippen LogP contribution in [0.1, 0.15) is 13.8 Å². The van der Waals surface area contributed by atoms with Gasteiger partial charge in [0.1, 0.15) is 16.0 Å². The highest BCUT2D eigenvalue weighted by Crippen LogP contribution is 2.27. The van der Waals surface area contributed by atoms with E-state index in [-0.39, 0.29) is 4.48 Å². The summed E-state index contributed by atoms with van der Waals surface area (Å²) in [7, 11) is 0. The Bertz CT molecular complexity index is 441. The van der Waals surface area contributed by atoms with Gasteiger partial charge in [-0.3, -0.25) is 0 Å². The molecule has 0 N–H and O–H groups in total. The molecule has 0 saturated carbocycles. The Balaban J connectivity index is 2.84. The number of hydrogen-bond donors (Lipinski definition) is 0. The van der Waals surface area contributed by atoms with E-state index in [0.717, 1.165) is 4.47 Å². The second-order valence-electron chi connectivity index (χ2n) is 3.12. The lowest BCUT2D eigenvalue weighted by Crippen LogP contribution is -2.07. The third-order valence-corrected chi connectivity index (χ3v) is 3.40. The van der Waals surface area contributed by atoms with Crippen LogP contribution in [-0.4, -0.2) is 12.6 Å². The summed E-state index contributed by atoms with van der Waals surface area (Å²) >= 11 is 6.52. The zero-order valence-electron chi connectivity index (χ0n) is 9.50. The number of allylic oxidation sites excluding steroid dienone is 1. The minimum atomic E-state index is -0.433. The van der Waals surface area contributed by atoms with E-state index in [9.17, 15) is 4.79 Å². The molecule has 0 bridgehead atoms. The Morgan fingerprint density at radius 3 is 2.59 bits per heavy atom. The fourth-order valence-electron chi connectivity index (χ4n) is 1.08. The molecule has 0 amide bonds. The Hall–Kier alpha value is -0.810. The number of carbonyl (C=O) groups excluding carboxylic acids is 1. The second-order valence-corrected chi connectivity index (χ2v) is 4.77. The summed E-state index contributed by atoms with van der Waals surface area (Å²) in [5, 5.41) is 0. The quantitative estimate of drug-likeness (QED) is 0.460. The molecule has 0 aromatic heterocycles. The largest absolute Gasteiger partial charge is 0.462 e. The molecule has 0 unspecified atom stereocenters. The van der Waals surface area contributed by atoms with Gasteiger partial charge in [-0.1, -0.05) is 12.1 Å². The maximum atomic E-state index is 11.4. The molecule has 1 aromatic carbocycles. The van der Waals surface area contributed by atoms with Crippen LogP contribution in [0.5, 0.6) is 5.75 Å². The van der Waals surface area contributed by atoms with Crippen molar-refractivity contribution in [2.24, 2.45) is 0 Å². The summed E-state index contributed by atoms with van der Waals surface area (Å²) in [6.07, 6.45) is 0. The van der Waals surface area contributed by atoms with E-state index in [0.29, 0.717) is 18.1 Å². The first-order chi connectivity index (χ1) is 8.06. The number of carbonyl (C=O) groups is 1. The van der Waals surface area contributed by atoms with Gasteiger partial charge in [0, 0.05) is 0 Å². The molecule has 0 spiro atoms. The molecule has 1 rings (SSSR count). The number of rotatable bonds is 4. The van der Waals surface area contributed by atoms with Crippen LogP contribution in [0.3, 0.4) is 0 Å². The molecule has 0 aliphatic heterocycles. The van der Waals surface area contributed by atoms with Gasteiger partial charge in [-0.25, -0.2) is 4.79 Å². The van der Waals surface area contributed by atoms with Gasteiger partial charge in [-0.15, -0.1) is 0 Å². The number of benzene rings is 1. The number of para-hydroxylation sites is 1. The van der Waals surface area contributed by atoms with Gasteiger partial charge in [0.2, 0.25) is 0 Å². The van der Waals surface area contributed by atoms with Crippen LogP contribution in [0.25, 0.3) is 0 Å². The fraction of sp³-hybridized carbons (Fsp3) is 0.250. The van der Waals surface area contributed by atoms with E-state index in [2.05, 4.69) is 31.9 Å². The second kappa shape index (κ2) is 6.81. The highest BCUT2D eigenvalue weighted by atomic mass is 79.9. The Morgan fingerprint density at radius 1 is 1.35 bits per heavy atom. The SMILES string of the molecule is CCOC(=O)C(Br)=C(C)Oc1ccccc1Br. The van der Waals surface area contributed by atoms with Gasteiger partial charge < -0.3 is 9.47 Å². The highest BCUT2D eigenvalue weighted by molar-refractivity contribution is 9.12. The molecule has 0 aliphatic rings. The Kier molecular flexibility index (Phi) is 5.71. The summed E-state index contributed by atoms with van der Waals surface area (Å²) in [6.45, 7) is 3.78. The van der Waals surface area contributed by atoms with Gasteiger partial charge in [0.25, 0.3) is 0 Å². The first-order valence-corrected chi connectivity index (χ1v) is 6.60. The van der Waals surface area contributed by atoms with E-state index < -0.39 is 5.97 Å². The van der Waals surface area contributed by atoms with Crippen LogP contribution < -0.4 is 4.74 Å². The number of hydrogen-bond acceptors (Lipinski definition) is 3. The lowest BCUT2D eigenvalue weighted by atomic mass is 10.3. The van der Waals surface area contributed by atoms with Gasteiger partial charge in [0.15, 0.2) is 0 Å². The summed E-state index contributed by atoms with van der Waals surface area (Å²) in [5.41, 5.74) is 0. The summed E-state index contributed by atoms with van der Waals surface area (Å²) in [5.74, 6) is 0.665. The molecule has 0 heterocycles. The fourth-order valence-corrected chi connectivity index (χ4v) is 1.64. The van der Waals surface area contributed by atoms with Crippen LogP contribution in [0.4, 0.5) is 0 Å². The molecule has 0 fully saturated rings. The number of halogens is 2. The highest BCUT2D eigenvalue weighted by Gasteiger charge is 2.13. The Morgan fingerprint density at radius 2 is 2.00 bits per heavy atom. The first kappa shape index (κ1) is 14.3. The van der Waals surface area contributed by atoms with Crippen molar-refractivity contribution in [3.63, 3.8) is 0 Å². The van der Waals surface area contributed by atoms with Crippen molar-refractivity contribution < 1.29 is 14.3 Å². The van der Waals surface area contributed by atoms with E-state index in [1.54, 1.807) is 19.9 Å². The summed E-state index contributed by atoms with van der Waals surface area (Å²) in [4.78, 5) is 11.4. The Labute approximate surface area is 117 Å². The smallest absolute Gasteiger partial charge is 0.348 e. The van der Waals surface area contributed by atoms with Crippen molar-refractivity contribution in [3.8, 4) is 5.75 Å². The predicted octanol–water partition coefficient (Wildman–Crippen LogP) is 4.02. The average Bonchev–Trinajstić information content (AvgIpc) is 2.31. The van der Waals surface area contributed by atoms with Crippen LogP contribution in [-0.2, 0) is 9.53 Å². The standard InChI is InChI=1S/C12H12Br2O3/c1-3-16-12(15)11(14)8(2)17-10-7-5-4-6-9(10)13/h4-7H,3H2,1-2H3. The van der Waals surface area contributed by atoms with Crippen molar-refractivity contribution in [3.05, 3.63) is 39.0 Å². The molecule has 1 aromatic rings. The average molecular weight is 364 g/mol. The molecular formula is C12H12Br2O3. The molecule has 3 nitrogen and oxygen atoms in total. The van der Waals surface area contributed by atoms with E-state index in [1.807, 2.05) is 18.2 Å². The van der Waals surface area contributed by atoms with E-state index >= 15 is 0 Å². The van der Waals surface area contributed by atoms with Crippen LogP contribution in [0, 0.1) is 0 Å². The maximum absolute atomic E-state index is 11.4. The van der Waals surface area contributed by atoms with Crippen LogP contribution >= 0.6 is 31.9 Å². The summed E-state index contributed by atoms with van der Waals surface area (Å²) in [6, 6.07) is 7.40. The van der Waals surface area contributed by atoms with Crippen molar-refractivity contribution in [1.82, 2.24) is 0 Å². The number of ether oxygens (including phenoxy) is 2. The zero-order chi connectivity index (χ0) is 12.8. The number of esters is 1. The predicted molar refractivity (Wildman–Crippen MR) is 73.0 cm³/mol. The van der Waals surface area contributed by atoms with Crippen molar-refractivity contribution in [2.75, 3.05) is 6.61 Å². The lowest BCUT2D eigenvalue weighted by molar-refractivity contribution is -0.137.